The van der Waals surface area contributed by atoms with Crippen LogP contribution in [0.3, 0.4) is 0 Å². The Bertz CT molecular complexity index is 823. The first kappa shape index (κ1) is 16.8. The summed E-state index contributed by atoms with van der Waals surface area (Å²) >= 11 is 0. The van der Waals surface area contributed by atoms with Gasteiger partial charge in [-0.1, -0.05) is 29.8 Å². The third-order valence-corrected chi connectivity index (χ3v) is 3.89. The fraction of sp³-hybridized carbons (Fsp3) is 0.190. The van der Waals surface area contributed by atoms with Crippen molar-refractivity contribution < 1.29 is 13.9 Å². The van der Waals surface area contributed by atoms with Gasteiger partial charge in [0.1, 0.15) is 11.5 Å². The van der Waals surface area contributed by atoms with Gasteiger partial charge < -0.3 is 14.1 Å². The van der Waals surface area contributed by atoms with E-state index in [-0.39, 0.29) is 12.5 Å². The topological polar surface area (TPSA) is 42.7 Å². The number of ether oxygens (including phenoxy) is 1. The predicted octanol–water partition coefficient (Wildman–Crippen LogP) is 4.51. The molecular weight excluding hydrogens is 314 g/mol. The maximum Gasteiger partial charge on any atom is 0.265 e. The van der Waals surface area contributed by atoms with E-state index in [9.17, 15) is 4.79 Å². The number of carbonyl (C=O) groups is 1. The third-order valence-electron chi connectivity index (χ3n) is 3.89. The van der Waals surface area contributed by atoms with Gasteiger partial charge in [-0.3, -0.25) is 4.79 Å². The van der Waals surface area contributed by atoms with Crippen molar-refractivity contribution >= 4 is 11.6 Å². The van der Waals surface area contributed by atoms with Crippen LogP contribution in [0.15, 0.2) is 71.3 Å². The highest BCUT2D eigenvalue weighted by molar-refractivity contribution is 5.94. The number of aryl methyl sites for hydroxylation is 2. The summed E-state index contributed by atoms with van der Waals surface area (Å²) in [5.74, 6) is 1.29. The van der Waals surface area contributed by atoms with Gasteiger partial charge in [0.15, 0.2) is 6.61 Å². The maximum absolute atomic E-state index is 12.8. The molecule has 0 aliphatic rings. The van der Waals surface area contributed by atoms with Gasteiger partial charge in [0.05, 0.1) is 12.8 Å². The van der Waals surface area contributed by atoms with Crippen LogP contribution in [-0.2, 0) is 11.3 Å². The van der Waals surface area contributed by atoms with Crippen molar-refractivity contribution in [2.75, 3.05) is 11.5 Å². The van der Waals surface area contributed by atoms with Crippen molar-refractivity contribution in [3.8, 4) is 5.75 Å². The number of carbonyl (C=O) groups excluding carboxylic acids is 1. The highest BCUT2D eigenvalue weighted by atomic mass is 16.5. The second kappa shape index (κ2) is 7.71. The van der Waals surface area contributed by atoms with E-state index >= 15 is 0 Å². The molecule has 0 N–H and O–H groups in total. The normalized spacial score (nSPS) is 10.5. The zero-order valence-corrected chi connectivity index (χ0v) is 14.4. The SMILES string of the molecule is Cc1ccc(N(Cc2ccco2)C(=O)COc2cccc(C)c2)cc1. The van der Waals surface area contributed by atoms with Crippen molar-refractivity contribution in [3.63, 3.8) is 0 Å². The number of nitrogens with zero attached hydrogens (tertiary/aromatic N) is 1. The zero-order valence-electron chi connectivity index (χ0n) is 14.4. The molecule has 128 valence electrons. The van der Waals surface area contributed by atoms with E-state index in [0.29, 0.717) is 12.3 Å². The summed E-state index contributed by atoms with van der Waals surface area (Å²) < 4.78 is 11.1. The molecule has 4 heteroatoms. The molecule has 0 unspecified atom stereocenters. The van der Waals surface area contributed by atoms with Crippen LogP contribution in [0.1, 0.15) is 16.9 Å². The Morgan fingerprint density at radius 3 is 2.48 bits per heavy atom. The summed E-state index contributed by atoms with van der Waals surface area (Å²) in [5.41, 5.74) is 3.06. The molecule has 0 radical (unpaired) electrons. The minimum absolute atomic E-state index is 0.0297. The molecule has 1 heterocycles. The average Bonchev–Trinajstić information content (AvgIpc) is 3.12. The van der Waals surface area contributed by atoms with E-state index in [4.69, 9.17) is 9.15 Å². The second-order valence-electron chi connectivity index (χ2n) is 6.00. The van der Waals surface area contributed by atoms with Crippen molar-refractivity contribution in [1.82, 2.24) is 0 Å². The summed E-state index contributed by atoms with van der Waals surface area (Å²) in [5, 5.41) is 0. The lowest BCUT2D eigenvalue weighted by Gasteiger charge is -2.22. The summed E-state index contributed by atoms with van der Waals surface area (Å²) in [4.78, 5) is 14.4. The van der Waals surface area contributed by atoms with Crippen LogP contribution in [0, 0.1) is 13.8 Å². The van der Waals surface area contributed by atoms with Gasteiger partial charge in [0.2, 0.25) is 0 Å². The molecule has 0 bridgehead atoms. The van der Waals surface area contributed by atoms with Crippen molar-refractivity contribution in [1.29, 1.82) is 0 Å². The molecule has 3 aromatic rings. The molecule has 3 rings (SSSR count). The molecule has 0 saturated heterocycles. The number of hydrogen-bond acceptors (Lipinski definition) is 3. The molecule has 0 aliphatic carbocycles. The second-order valence-corrected chi connectivity index (χ2v) is 6.00. The minimum atomic E-state index is -0.123. The van der Waals surface area contributed by atoms with Crippen LogP contribution in [0.5, 0.6) is 5.75 Å². The molecule has 2 aromatic carbocycles. The Labute approximate surface area is 147 Å². The van der Waals surface area contributed by atoms with Crippen LogP contribution in [0.25, 0.3) is 0 Å². The van der Waals surface area contributed by atoms with Crippen molar-refractivity contribution in [2.45, 2.75) is 20.4 Å². The Morgan fingerprint density at radius 1 is 1.00 bits per heavy atom. The highest BCUT2D eigenvalue weighted by Crippen LogP contribution is 2.19. The molecule has 4 nitrogen and oxygen atoms in total. The molecule has 25 heavy (non-hydrogen) atoms. The molecule has 1 aromatic heterocycles. The number of anilines is 1. The molecule has 0 spiro atoms. The number of amides is 1. The minimum Gasteiger partial charge on any atom is -0.484 e. The summed E-state index contributed by atoms with van der Waals surface area (Å²) in [6.07, 6.45) is 1.61. The van der Waals surface area contributed by atoms with E-state index in [0.717, 1.165) is 22.6 Å². The fourth-order valence-electron chi connectivity index (χ4n) is 2.53. The van der Waals surface area contributed by atoms with Crippen molar-refractivity contribution in [2.24, 2.45) is 0 Å². The number of furan rings is 1. The van der Waals surface area contributed by atoms with E-state index in [1.165, 1.54) is 0 Å². The third kappa shape index (κ3) is 4.51. The highest BCUT2D eigenvalue weighted by Gasteiger charge is 2.18. The van der Waals surface area contributed by atoms with E-state index in [1.807, 2.05) is 74.5 Å². The number of benzene rings is 2. The van der Waals surface area contributed by atoms with Gasteiger partial charge in [0.25, 0.3) is 5.91 Å². The molecule has 0 atom stereocenters. The van der Waals surface area contributed by atoms with Crippen LogP contribution in [0.4, 0.5) is 5.69 Å². The van der Waals surface area contributed by atoms with Gasteiger partial charge in [-0.25, -0.2) is 0 Å². The van der Waals surface area contributed by atoms with Gasteiger partial charge in [-0.15, -0.1) is 0 Å². The molecule has 1 amide bonds. The Hall–Kier alpha value is -3.01. The first-order valence-corrected chi connectivity index (χ1v) is 8.21. The Balaban J connectivity index is 1.75. The lowest BCUT2D eigenvalue weighted by atomic mass is 10.2. The van der Waals surface area contributed by atoms with Crippen molar-refractivity contribution in [3.05, 3.63) is 83.8 Å². The lowest BCUT2D eigenvalue weighted by Crippen LogP contribution is -2.34. The van der Waals surface area contributed by atoms with Gasteiger partial charge in [-0.2, -0.15) is 0 Å². The number of rotatable bonds is 6. The van der Waals surface area contributed by atoms with Crippen LogP contribution in [-0.4, -0.2) is 12.5 Å². The lowest BCUT2D eigenvalue weighted by molar-refractivity contribution is -0.120. The monoisotopic (exact) mass is 335 g/mol. The molecular formula is C21H21NO3. The largest absolute Gasteiger partial charge is 0.484 e. The standard InChI is InChI=1S/C21H21NO3/c1-16-8-10-18(11-9-16)22(14-20-7-4-12-24-20)21(23)15-25-19-6-3-5-17(2)13-19/h3-13H,14-15H2,1-2H3. The summed E-state index contributed by atoms with van der Waals surface area (Å²) in [6, 6.07) is 19.2. The van der Waals surface area contributed by atoms with E-state index in [2.05, 4.69) is 0 Å². The van der Waals surface area contributed by atoms with Crippen LogP contribution < -0.4 is 9.64 Å². The first-order chi connectivity index (χ1) is 12.1. The Kier molecular flexibility index (Phi) is 5.19. The fourth-order valence-corrected chi connectivity index (χ4v) is 2.53. The van der Waals surface area contributed by atoms with Crippen LogP contribution >= 0.6 is 0 Å². The summed E-state index contributed by atoms with van der Waals surface area (Å²) in [6.45, 7) is 4.34. The first-order valence-electron chi connectivity index (χ1n) is 8.21. The average molecular weight is 335 g/mol. The van der Waals surface area contributed by atoms with E-state index < -0.39 is 0 Å². The molecule has 0 aliphatic heterocycles. The quantitative estimate of drug-likeness (QED) is 0.666. The zero-order chi connectivity index (χ0) is 17.6. The van der Waals surface area contributed by atoms with Gasteiger partial charge in [0, 0.05) is 5.69 Å². The number of hydrogen-bond donors (Lipinski definition) is 0. The van der Waals surface area contributed by atoms with E-state index in [1.54, 1.807) is 11.2 Å². The molecule has 0 fully saturated rings. The summed E-state index contributed by atoms with van der Waals surface area (Å²) in [7, 11) is 0. The Morgan fingerprint density at radius 2 is 1.80 bits per heavy atom. The van der Waals surface area contributed by atoms with Crippen LogP contribution in [0.2, 0.25) is 0 Å². The predicted molar refractivity (Wildman–Crippen MR) is 97.8 cm³/mol. The maximum atomic E-state index is 12.8. The smallest absolute Gasteiger partial charge is 0.265 e. The molecule has 0 saturated carbocycles. The van der Waals surface area contributed by atoms with Gasteiger partial charge in [-0.05, 0) is 55.8 Å². The van der Waals surface area contributed by atoms with Gasteiger partial charge >= 0.3 is 0 Å².